The Labute approximate surface area is 211 Å². The van der Waals surface area contributed by atoms with Crippen molar-refractivity contribution in [2.75, 3.05) is 18.9 Å². The summed E-state index contributed by atoms with van der Waals surface area (Å²) in [6, 6.07) is 4.95. The minimum atomic E-state index is -5.18. The molecule has 0 radical (unpaired) electrons. The van der Waals surface area contributed by atoms with Gasteiger partial charge < -0.3 is 25.2 Å². The van der Waals surface area contributed by atoms with Gasteiger partial charge in [-0.05, 0) is 31.4 Å². The van der Waals surface area contributed by atoms with Crippen LogP contribution in [0.25, 0.3) is 0 Å². The maximum absolute atomic E-state index is 13.7. The summed E-state index contributed by atoms with van der Waals surface area (Å²) in [5.74, 6) is -4.11. The number of para-hydroxylation sites is 2. The van der Waals surface area contributed by atoms with Gasteiger partial charge in [0.1, 0.15) is 23.9 Å². The van der Waals surface area contributed by atoms with Crippen LogP contribution in [0.15, 0.2) is 24.3 Å². The van der Waals surface area contributed by atoms with Crippen molar-refractivity contribution in [2.45, 2.75) is 63.5 Å². The Morgan fingerprint density at radius 1 is 1.30 bits per heavy atom. The lowest BCUT2D eigenvalue weighted by Gasteiger charge is -2.36. The standard InChI is InChI=1S/C24H28F3N5O5/c1-13(2)9-17(31(4)19(33)14(3)29-22(36)24(25,26)27)20(34)32-12-23(10-15(32)11-28)21(35)30-16-7-5-6-8-18(16)37-23/h5-8,13-15,17H,9-10,12H2,1-4H3,(H,29,36)(H,30,35)/t14-,15-,17-,23+/m0/s1. The predicted octanol–water partition coefficient (Wildman–Crippen LogP) is 1.82. The SMILES string of the molecule is CC(C)C[C@@H](C(=O)N1C[C@@]2(C[C@H]1C#N)Oc1ccccc1NC2=O)N(C)C(=O)[C@H](C)NC(=O)C(F)(F)F. The van der Waals surface area contributed by atoms with Gasteiger partial charge in [0.15, 0.2) is 0 Å². The van der Waals surface area contributed by atoms with Gasteiger partial charge in [0.2, 0.25) is 17.4 Å². The number of rotatable bonds is 6. The number of nitrogens with one attached hydrogen (secondary N) is 2. The lowest BCUT2D eigenvalue weighted by Crippen LogP contribution is -2.57. The molecule has 13 heteroatoms. The maximum Gasteiger partial charge on any atom is 0.471 e. The van der Waals surface area contributed by atoms with Crippen molar-refractivity contribution in [3.05, 3.63) is 24.3 Å². The smallest absolute Gasteiger partial charge is 0.471 e. The molecule has 0 bridgehead atoms. The minimum absolute atomic E-state index is 0.112. The van der Waals surface area contributed by atoms with E-state index >= 15 is 0 Å². The van der Waals surface area contributed by atoms with Gasteiger partial charge in [-0.3, -0.25) is 19.2 Å². The Bertz CT molecular complexity index is 1130. The first-order valence-corrected chi connectivity index (χ1v) is 11.6. The van der Waals surface area contributed by atoms with E-state index in [2.05, 4.69) is 5.32 Å². The molecule has 3 rings (SSSR count). The van der Waals surface area contributed by atoms with Crippen LogP contribution in [0.5, 0.6) is 5.75 Å². The van der Waals surface area contributed by atoms with Crippen LogP contribution in [0, 0.1) is 17.2 Å². The average Bonchev–Trinajstić information content (AvgIpc) is 3.20. The highest BCUT2D eigenvalue weighted by Crippen LogP contribution is 2.40. The third kappa shape index (κ3) is 5.63. The van der Waals surface area contributed by atoms with Gasteiger partial charge in [-0.15, -0.1) is 0 Å². The second-order valence-electron chi connectivity index (χ2n) is 9.65. The number of fused-ring (bicyclic) bond motifs is 1. The number of anilines is 1. The van der Waals surface area contributed by atoms with Crippen LogP contribution in [-0.2, 0) is 19.2 Å². The van der Waals surface area contributed by atoms with Crippen molar-refractivity contribution < 1.29 is 37.1 Å². The molecule has 10 nitrogen and oxygen atoms in total. The summed E-state index contributed by atoms with van der Waals surface area (Å²) in [5.41, 5.74) is -1.07. The largest absolute Gasteiger partial charge is 0.473 e. The maximum atomic E-state index is 13.7. The highest BCUT2D eigenvalue weighted by atomic mass is 19.4. The molecule has 1 fully saturated rings. The number of benzene rings is 1. The fourth-order valence-electron chi connectivity index (χ4n) is 4.47. The van der Waals surface area contributed by atoms with Crippen LogP contribution < -0.4 is 15.4 Å². The summed E-state index contributed by atoms with van der Waals surface area (Å²) in [6.07, 6.45) is -5.17. The number of carbonyl (C=O) groups excluding carboxylic acids is 4. The third-order valence-electron chi connectivity index (χ3n) is 6.38. The summed E-state index contributed by atoms with van der Waals surface area (Å²) in [5, 5.41) is 14.1. The zero-order valence-corrected chi connectivity index (χ0v) is 20.8. The van der Waals surface area contributed by atoms with Crippen LogP contribution in [0.1, 0.15) is 33.6 Å². The number of hydrogen-bond donors (Lipinski definition) is 2. The molecule has 2 heterocycles. The fourth-order valence-corrected chi connectivity index (χ4v) is 4.47. The molecule has 0 unspecified atom stereocenters. The lowest BCUT2D eigenvalue weighted by atomic mass is 9.97. The van der Waals surface area contributed by atoms with E-state index in [0.717, 1.165) is 11.8 Å². The molecule has 2 N–H and O–H groups in total. The Morgan fingerprint density at radius 2 is 1.95 bits per heavy atom. The van der Waals surface area contributed by atoms with Crippen molar-refractivity contribution in [3.8, 4) is 11.8 Å². The van der Waals surface area contributed by atoms with E-state index in [1.165, 1.54) is 11.9 Å². The first-order valence-electron chi connectivity index (χ1n) is 11.6. The van der Waals surface area contributed by atoms with Crippen LogP contribution in [0.3, 0.4) is 0 Å². The number of likely N-dealkylation sites (tertiary alicyclic amines) is 1. The first-order chi connectivity index (χ1) is 17.2. The molecule has 2 aliphatic heterocycles. The molecule has 4 atom stereocenters. The fraction of sp³-hybridized carbons (Fsp3) is 0.542. The molecular formula is C24H28F3N5O5. The number of nitrogens with zero attached hydrogens (tertiary/aromatic N) is 3. The van der Waals surface area contributed by atoms with Gasteiger partial charge in [0.25, 0.3) is 5.91 Å². The Balaban J connectivity index is 1.85. The molecule has 4 amide bonds. The number of likely N-dealkylation sites (N-methyl/N-ethyl adjacent to an activating group) is 1. The van der Waals surface area contributed by atoms with Crippen molar-refractivity contribution in [3.63, 3.8) is 0 Å². The van der Waals surface area contributed by atoms with Gasteiger partial charge in [-0.2, -0.15) is 18.4 Å². The summed E-state index contributed by atoms with van der Waals surface area (Å²) < 4.78 is 43.9. The van der Waals surface area contributed by atoms with E-state index < -0.39 is 53.5 Å². The number of carbonyl (C=O) groups is 4. The monoisotopic (exact) mass is 523 g/mol. The van der Waals surface area contributed by atoms with E-state index in [9.17, 15) is 37.6 Å². The van der Waals surface area contributed by atoms with Crippen LogP contribution in [-0.4, -0.2) is 76.9 Å². The van der Waals surface area contributed by atoms with Crippen molar-refractivity contribution >= 4 is 29.3 Å². The van der Waals surface area contributed by atoms with E-state index in [4.69, 9.17) is 4.74 Å². The molecule has 0 aliphatic carbocycles. The number of halogens is 3. The van der Waals surface area contributed by atoms with E-state index in [1.807, 2.05) is 6.07 Å². The second-order valence-corrected chi connectivity index (χ2v) is 9.65. The highest BCUT2D eigenvalue weighted by molar-refractivity contribution is 6.02. The topological polar surface area (TPSA) is 132 Å². The molecule has 200 valence electrons. The van der Waals surface area contributed by atoms with E-state index in [1.54, 1.807) is 43.4 Å². The van der Waals surface area contributed by atoms with Gasteiger partial charge in [-0.25, -0.2) is 0 Å². The van der Waals surface area contributed by atoms with Gasteiger partial charge in [-0.1, -0.05) is 26.0 Å². The number of amides is 4. The van der Waals surface area contributed by atoms with Crippen molar-refractivity contribution in [1.82, 2.24) is 15.1 Å². The number of hydrogen-bond acceptors (Lipinski definition) is 6. The average molecular weight is 524 g/mol. The normalized spacial score (nSPS) is 22.4. The predicted molar refractivity (Wildman–Crippen MR) is 124 cm³/mol. The molecule has 0 aromatic heterocycles. The molecular weight excluding hydrogens is 495 g/mol. The summed E-state index contributed by atoms with van der Waals surface area (Å²) in [7, 11) is 1.25. The summed E-state index contributed by atoms with van der Waals surface area (Å²) in [4.78, 5) is 53.0. The lowest BCUT2D eigenvalue weighted by molar-refractivity contribution is -0.175. The molecule has 2 aliphatic rings. The van der Waals surface area contributed by atoms with Crippen molar-refractivity contribution in [1.29, 1.82) is 5.26 Å². The number of nitriles is 1. The van der Waals surface area contributed by atoms with Gasteiger partial charge in [0.05, 0.1) is 18.3 Å². The third-order valence-corrected chi connectivity index (χ3v) is 6.38. The molecule has 1 saturated heterocycles. The first kappa shape index (κ1) is 27.8. The minimum Gasteiger partial charge on any atom is -0.473 e. The summed E-state index contributed by atoms with van der Waals surface area (Å²) in [6.45, 7) is 4.39. The number of alkyl halides is 3. The molecule has 1 spiro atoms. The zero-order chi connectivity index (χ0) is 27.7. The van der Waals surface area contributed by atoms with Crippen LogP contribution in [0.4, 0.5) is 18.9 Å². The zero-order valence-electron chi connectivity index (χ0n) is 20.8. The van der Waals surface area contributed by atoms with Crippen LogP contribution >= 0.6 is 0 Å². The molecule has 0 saturated carbocycles. The van der Waals surface area contributed by atoms with Crippen molar-refractivity contribution in [2.24, 2.45) is 5.92 Å². The summed E-state index contributed by atoms with van der Waals surface area (Å²) >= 11 is 0. The van der Waals surface area contributed by atoms with E-state index in [-0.39, 0.29) is 25.3 Å². The Hall–Kier alpha value is -3.82. The van der Waals surface area contributed by atoms with Gasteiger partial charge >= 0.3 is 12.1 Å². The Kier molecular flexibility index (Phi) is 7.71. The molecule has 1 aromatic rings. The number of ether oxygens (including phenoxy) is 1. The quantitative estimate of drug-likeness (QED) is 0.585. The van der Waals surface area contributed by atoms with E-state index in [0.29, 0.717) is 11.4 Å². The molecule has 1 aromatic carbocycles. The highest BCUT2D eigenvalue weighted by Gasteiger charge is 2.56. The van der Waals surface area contributed by atoms with Crippen LogP contribution in [0.2, 0.25) is 0 Å². The molecule has 37 heavy (non-hydrogen) atoms. The van der Waals surface area contributed by atoms with Gasteiger partial charge in [0, 0.05) is 13.5 Å². The Morgan fingerprint density at radius 3 is 2.54 bits per heavy atom. The second kappa shape index (κ2) is 10.3.